The van der Waals surface area contributed by atoms with Gasteiger partial charge in [-0.3, -0.25) is 0 Å². The van der Waals surface area contributed by atoms with Gasteiger partial charge < -0.3 is 0 Å². The van der Waals surface area contributed by atoms with E-state index in [1.54, 1.807) is 0 Å². The van der Waals surface area contributed by atoms with Crippen LogP contribution in [0.3, 0.4) is 0 Å². The molecule has 0 spiro atoms. The lowest BCUT2D eigenvalue weighted by Gasteiger charge is -2.29. The molecule has 1 aliphatic rings. The van der Waals surface area contributed by atoms with Gasteiger partial charge in [0.2, 0.25) is 0 Å². The number of thiol groups is 1. The average molecular weight is 157 g/mol. The van der Waals surface area contributed by atoms with Gasteiger partial charge in [0, 0.05) is 0 Å². The molecule has 59 valence electrons. The van der Waals surface area contributed by atoms with E-state index in [0.29, 0.717) is 0 Å². The second kappa shape index (κ2) is 3.17. The molecule has 0 heterocycles. The lowest BCUT2D eigenvalue weighted by Crippen LogP contribution is -2.23. The van der Waals surface area contributed by atoms with Crippen LogP contribution in [0.5, 0.6) is 0 Å². The highest BCUT2D eigenvalue weighted by atomic mass is 32.1. The average Bonchev–Trinajstić information content (AvgIpc) is 2.38. The summed E-state index contributed by atoms with van der Waals surface area (Å²) in [7, 11) is 0. The van der Waals surface area contributed by atoms with Crippen LogP contribution in [0.1, 0.15) is 32.6 Å². The van der Waals surface area contributed by atoms with Gasteiger partial charge in [-0.15, -0.1) is 0 Å². The molecule has 1 saturated carbocycles. The summed E-state index contributed by atoms with van der Waals surface area (Å²) in [6.07, 6.45) is 5.56. The van der Waals surface area contributed by atoms with Crippen molar-refractivity contribution >= 4 is 12.6 Å². The zero-order valence-corrected chi connectivity index (χ0v) is 7.66. The van der Waals surface area contributed by atoms with Gasteiger partial charge >= 0.3 is 0 Å². The second-order valence-electron chi connectivity index (χ2n) is 3.79. The van der Waals surface area contributed by atoms with Crippen LogP contribution < -0.4 is 0 Å². The summed E-state index contributed by atoms with van der Waals surface area (Å²) in [6, 6.07) is 0. The summed E-state index contributed by atoms with van der Waals surface area (Å²) in [5.74, 6) is 1.77. The summed E-state index contributed by atoms with van der Waals surface area (Å²) in [5, 5.41) is 0. The molecule has 0 aromatic carbocycles. The van der Waals surface area contributed by atoms with E-state index >= 15 is 0 Å². The highest BCUT2D eigenvalue weighted by Crippen LogP contribution is 2.39. The first-order valence-electron chi connectivity index (χ1n) is 4.13. The predicted octanol–water partition coefficient (Wildman–Crippen LogP) is 2.95. The van der Waals surface area contributed by atoms with Crippen molar-refractivity contribution in [2.75, 3.05) is 5.75 Å². The Hall–Kier alpha value is 0.350. The zero-order chi connectivity index (χ0) is 7.61. The number of hydrogen-bond acceptors (Lipinski definition) is 1. The summed E-state index contributed by atoms with van der Waals surface area (Å²) in [5.41, 5.74) is 0.236. The molecule has 0 amide bonds. The van der Waals surface area contributed by atoms with Crippen molar-refractivity contribution in [2.45, 2.75) is 32.6 Å². The maximum absolute atomic E-state index is 4.31. The quantitative estimate of drug-likeness (QED) is 0.585. The molecule has 0 aromatic rings. The smallest absolute Gasteiger partial charge is 0.00412 e. The van der Waals surface area contributed by atoms with E-state index in [2.05, 4.69) is 26.5 Å². The molecular formula is C9H17S. The van der Waals surface area contributed by atoms with E-state index in [4.69, 9.17) is 0 Å². The van der Waals surface area contributed by atoms with Crippen molar-refractivity contribution in [1.82, 2.24) is 0 Å². The van der Waals surface area contributed by atoms with Gasteiger partial charge in [-0.25, -0.2) is 0 Å². The molecular weight excluding hydrogens is 140 g/mol. The summed E-state index contributed by atoms with van der Waals surface area (Å²) >= 11 is 4.31. The lowest BCUT2D eigenvalue weighted by atomic mass is 9.79. The predicted molar refractivity (Wildman–Crippen MR) is 49.3 cm³/mol. The molecule has 1 heteroatoms. The zero-order valence-electron chi connectivity index (χ0n) is 6.77. The van der Waals surface area contributed by atoms with Crippen molar-refractivity contribution in [2.24, 2.45) is 11.3 Å². The molecule has 1 radical (unpaired) electrons. The van der Waals surface area contributed by atoms with Crippen LogP contribution in [0, 0.1) is 18.3 Å². The molecule has 0 saturated heterocycles. The van der Waals surface area contributed by atoms with E-state index in [-0.39, 0.29) is 5.41 Å². The first-order valence-corrected chi connectivity index (χ1v) is 4.76. The highest BCUT2D eigenvalue weighted by Gasteiger charge is 2.30. The van der Waals surface area contributed by atoms with Gasteiger partial charge in [-0.05, 0) is 36.9 Å². The molecule has 1 aliphatic carbocycles. The molecule has 10 heavy (non-hydrogen) atoms. The van der Waals surface area contributed by atoms with Gasteiger partial charge in [0.25, 0.3) is 0 Å². The van der Waals surface area contributed by atoms with Crippen molar-refractivity contribution < 1.29 is 0 Å². The SMILES string of the molecule is [CH2]C(C)(CS)C1CCCC1. The Kier molecular flexibility index (Phi) is 2.67. The molecule has 0 aromatic heterocycles. The number of rotatable bonds is 2. The molecule has 0 aliphatic heterocycles. The fraction of sp³-hybridized carbons (Fsp3) is 0.889. The maximum Gasteiger partial charge on any atom is -0.00412 e. The van der Waals surface area contributed by atoms with Crippen LogP contribution in [0.15, 0.2) is 0 Å². The molecule has 0 N–H and O–H groups in total. The Morgan fingerprint density at radius 1 is 1.50 bits per heavy atom. The number of hydrogen-bond donors (Lipinski definition) is 1. The van der Waals surface area contributed by atoms with Crippen molar-refractivity contribution in [1.29, 1.82) is 0 Å². The molecule has 0 bridgehead atoms. The maximum atomic E-state index is 4.31. The van der Waals surface area contributed by atoms with E-state index < -0.39 is 0 Å². The topological polar surface area (TPSA) is 0 Å². The van der Waals surface area contributed by atoms with Crippen LogP contribution in [0.2, 0.25) is 0 Å². The first kappa shape index (κ1) is 8.45. The van der Waals surface area contributed by atoms with Gasteiger partial charge in [-0.2, -0.15) is 12.6 Å². The van der Waals surface area contributed by atoms with Gasteiger partial charge in [0.05, 0.1) is 0 Å². The largest absolute Gasteiger partial charge is 0.179 e. The normalized spacial score (nSPS) is 21.9. The summed E-state index contributed by atoms with van der Waals surface area (Å²) in [6.45, 7) is 6.43. The van der Waals surface area contributed by atoms with Gasteiger partial charge in [0.1, 0.15) is 0 Å². The summed E-state index contributed by atoms with van der Waals surface area (Å²) in [4.78, 5) is 0. The van der Waals surface area contributed by atoms with Crippen molar-refractivity contribution in [3.8, 4) is 0 Å². The van der Waals surface area contributed by atoms with E-state index in [1.807, 2.05) is 0 Å². The molecule has 1 rings (SSSR count). The van der Waals surface area contributed by atoms with E-state index in [1.165, 1.54) is 25.7 Å². The van der Waals surface area contributed by atoms with Crippen LogP contribution in [0.25, 0.3) is 0 Å². The third-order valence-corrected chi connectivity index (χ3v) is 3.42. The fourth-order valence-corrected chi connectivity index (χ4v) is 2.01. The minimum Gasteiger partial charge on any atom is -0.179 e. The minimum absolute atomic E-state index is 0.236. The standard InChI is InChI=1S/C9H17S/c1-9(2,7-10)8-5-3-4-6-8/h8,10H,1,3-7H2,2H3. The van der Waals surface area contributed by atoms with E-state index in [9.17, 15) is 0 Å². The van der Waals surface area contributed by atoms with Crippen LogP contribution in [-0.4, -0.2) is 5.75 Å². The third kappa shape index (κ3) is 1.69. The molecule has 1 fully saturated rings. The Morgan fingerprint density at radius 2 is 2.00 bits per heavy atom. The third-order valence-electron chi connectivity index (χ3n) is 2.70. The Labute approximate surface area is 69.8 Å². The van der Waals surface area contributed by atoms with Crippen LogP contribution in [-0.2, 0) is 0 Å². The lowest BCUT2D eigenvalue weighted by molar-refractivity contribution is 0.293. The first-order chi connectivity index (χ1) is 4.67. The van der Waals surface area contributed by atoms with Gasteiger partial charge in [0.15, 0.2) is 0 Å². The Bertz CT molecular complexity index is 101. The van der Waals surface area contributed by atoms with Crippen LogP contribution >= 0.6 is 12.6 Å². The molecule has 1 unspecified atom stereocenters. The fourth-order valence-electron chi connectivity index (χ4n) is 1.75. The minimum atomic E-state index is 0.236. The van der Waals surface area contributed by atoms with Crippen molar-refractivity contribution in [3.63, 3.8) is 0 Å². The van der Waals surface area contributed by atoms with Gasteiger partial charge in [-0.1, -0.05) is 19.8 Å². The Balaban J connectivity index is 2.45. The van der Waals surface area contributed by atoms with Crippen LogP contribution in [0.4, 0.5) is 0 Å². The highest BCUT2D eigenvalue weighted by molar-refractivity contribution is 7.80. The summed E-state index contributed by atoms with van der Waals surface area (Å²) < 4.78 is 0. The van der Waals surface area contributed by atoms with E-state index in [0.717, 1.165) is 11.7 Å². The Morgan fingerprint density at radius 3 is 2.40 bits per heavy atom. The van der Waals surface area contributed by atoms with Crippen molar-refractivity contribution in [3.05, 3.63) is 6.92 Å². The second-order valence-corrected chi connectivity index (χ2v) is 4.11. The molecule has 1 atom stereocenters. The molecule has 0 nitrogen and oxygen atoms in total. The monoisotopic (exact) mass is 157 g/mol.